The summed E-state index contributed by atoms with van der Waals surface area (Å²) in [6.45, 7) is 4.61. The summed E-state index contributed by atoms with van der Waals surface area (Å²) in [6.07, 6.45) is 6.58. The Labute approximate surface area is 244 Å². The van der Waals surface area contributed by atoms with Gasteiger partial charge in [0.15, 0.2) is 0 Å². The minimum Gasteiger partial charge on any atom is -0.311 e. The van der Waals surface area contributed by atoms with Crippen molar-refractivity contribution in [3.63, 3.8) is 0 Å². The Morgan fingerprint density at radius 1 is 0.537 bits per heavy atom. The second-order valence-electron chi connectivity index (χ2n) is 12.2. The molecule has 2 aliphatic heterocycles. The van der Waals surface area contributed by atoms with Gasteiger partial charge in [-0.15, -0.1) is 0 Å². The first-order valence-corrected chi connectivity index (χ1v) is 15.3. The van der Waals surface area contributed by atoms with E-state index in [9.17, 15) is 0 Å². The van der Waals surface area contributed by atoms with Crippen molar-refractivity contribution < 1.29 is 0 Å². The number of aryl methyl sites for hydroxylation is 2. The molecule has 3 heteroatoms. The fraction of sp³-hybridized carbons (Fsp3) is 0.211. The normalized spacial score (nSPS) is 15.8. The van der Waals surface area contributed by atoms with Crippen molar-refractivity contribution in [3.05, 3.63) is 126 Å². The SMILES string of the molecule is Cc1cccc(N2c3cc(C)ccc3B3c4ccccc4N(c4ccccc4)c4cc(C5CCCCC5)cc2c43)c1. The molecule has 5 aromatic carbocycles. The minimum absolute atomic E-state index is 0.188. The predicted molar refractivity (Wildman–Crippen MR) is 176 cm³/mol. The molecule has 0 unspecified atom stereocenters. The maximum Gasteiger partial charge on any atom is 0.252 e. The van der Waals surface area contributed by atoms with Crippen molar-refractivity contribution in [3.8, 4) is 0 Å². The minimum atomic E-state index is 0.188. The second-order valence-corrected chi connectivity index (χ2v) is 12.2. The monoisotopic (exact) mass is 530 g/mol. The van der Waals surface area contributed by atoms with Crippen LogP contribution in [0.1, 0.15) is 54.7 Å². The van der Waals surface area contributed by atoms with E-state index in [4.69, 9.17) is 0 Å². The molecule has 0 saturated heterocycles. The van der Waals surface area contributed by atoms with Crippen LogP contribution in [0.25, 0.3) is 0 Å². The summed E-state index contributed by atoms with van der Waals surface area (Å²) in [4.78, 5) is 5.10. The van der Waals surface area contributed by atoms with E-state index in [1.54, 1.807) is 0 Å². The van der Waals surface area contributed by atoms with Crippen LogP contribution in [0.3, 0.4) is 0 Å². The molecule has 0 bridgehead atoms. The molecule has 0 aromatic heterocycles. The topological polar surface area (TPSA) is 6.48 Å². The highest BCUT2D eigenvalue weighted by Crippen LogP contribution is 2.46. The van der Waals surface area contributed by atoms with Gasteiger partial charge < -0.3 is 9.80 Å². The number of rotatable bonds is 3. The molecule has 0 spiro atoms. The van der Waals surface area contributed by atoms with E-state index in [-0.39, 0.29) is 6.71 Å². The molecule has 5 aromatic rings. The van der Waals surface area contributed by atoms with Crippen molar-refractivity contribution in [1.82, 2.24) is 0 Å². The predicted octanol–water partition coefficient (Wildman–Crippen LogP) is 8.43. The van der Waals surface area contributed by atoms with Gasteiger partial charge in [-0.3, -0.25) is 0 Å². The Bertz CT molecular complexity index is 1770. The molecule has 0 N–H and O–H groups in total. The van der Waals surface area contributed by atoms with Crippen LogP contribution in [0.4, 0.5) is 34.1 Å². The Morgan fingerprint density at radius 3 is 1.98 bits per heavy atom. The van der Waals surface area contributed by atoms with Crippen LogP contribution < -0.4 is 26.2 Å². The number of fused-ring (bicyclic) bond motifs is 4. The van der Waals surface area contributed by atoms with Gasteiger partial charge in [0.2, 0.25) is 0 Å². The van der Waals surface area contributed by atoms with Crippen molar-refractivity contribution in [2.75, 3.05) is 9.80 Å². The molecule has 200 valence electrons. The summed E-state index contributed by atoms with van der Waals surface area (Å²) in [5.41, 5.74) is 16.0. The number of benzene rings is 5. The summed E-state index contributed by atoms with van der Waals surface area (Å²) in [5, 5.41) is 0. The average molecular weight is 531 g/mol. The van der Waals surface area contributed by atoms with Gasteiger partial charge in [0, 0.05) is 34.1 Å². The molecule has 0 atom stereocenters. The molecule has 3 aliphatic rings. The van der Waals surface area contributed by atoms with Crippen molar-refractivity contribution in [1.29, 1.82) is 0 Å². The number of hydrogen-bond acceptors (Lipinski definition) is 2. The third-order valence-electron chi connectivity index (χ3n) is 9.51. The molecule has 0 radical (unpaired) electrons. The van der Waals surface area contributed by atoms with Crippen LogP contribution in [0.2, 0.25) is 0 Å². The summed E-state index contributed by atoms with van der Waals surface area (Å²) >= 11 is 0. The van der Waals surface area contributed by atoms with Crippen molar-refractivity contribution >= 4 is 57.2 Å². The van der Waals surface area contributed by atoms with Crippen molar-refractivity contribution in [2.45, 2.75) is 51.9 Å². The van der Waals surface area contributed by atoms with Gasteiger partial charge in [0.1, 0.15) is 0 Å². The number of hydrogen-bond donors (Lipinski definition) is 0. The fourth-order valence-corrected chi connectivity index (χ4v) is 7.65. The van der Waals surface area contributed by atoms with Gasteiger partial charge in [-0.2, -0.15) is 0 Å². The molecule has 2 nitrogen and oxygen atoms in total. The summed E-state index contributed by atoms with van der Waals surface area (Å²) in [6, 6.07) is 41.3. The van der Waals surface area contributed by atoms with Gasteiger partial charge in [-0.05, 0) is 114 Å². The van der Waals surface area contributed by atoms with Crippen LogP contribution in [0.5, 0.6) is 0 Å². The van der Waals surface area contributed by atoms with E-state index in [2.05, 4.69) is 133 Å². The summed E-state index contributed by atoms with van der Waals surface area (Å²) in [7, 11) is 0. The molecule has 0 amide bonds. The van der Waals surface area contributed by atoms with Gasteiger partial charge in [0.05, 0.1) is 0 Å². The third-order valence-corrected chi connectivity index (χ3v) is 9.51. The zero-order valence-corrected chi connectivity index (χ0v) is 24.0. The zero-order chi connectivity index (χ0) is 27.5. The lowest BCUT2D eigenvalue weighted by Crippen LogP contribution is -2.61. The maximum absolute atomic E-state index is 2.56. The summed E-state index contributed by atoms with van der Waals surface area (Å²) in [5.74, 6) is 0.608. The van der Waals surface area contributed by atoms with Crippen LogP contribution in [0.15, 0.2) is 109 Å². The van der Waals surface area contributed by atoms with E-state index in [1.165, 1.54) is 99.3 Å². The van der Waals surface area contributed by atoms with E-state index in [1.807, 2.05) is 0 Å². The Morgan fingerprint density at radius 2 is 1.20 bits per heavy atom. The second kappa shape index (κ2) is 9.70. The number of anilines is 6. The summed E-state index contributed by atoms with van der Waals surface area (Å²) < 4.78 is 0. The van der Waals surface area contributed by atoms with E-state index in [0.29, 0.717) is 5.92 Å². The molecule has 1 fully saturated rings. The fourth-order valence-electron chi connectivity index (χ4n) is 7.65. The lowest BCUT2D eigenvalue weighted by Gasteiger charge is -2.45. The average Bonchev–Trinajstić information content (AvgIpc) is 3.01. The van der Waals surface area contributed by atoms with Crippen molar-refractivity contribution in [2.24, 2.45) is 0 Å². The lowest BCUT2D eigenvalue weighted by molar-refractivity contribution is 0.444. The van der Waals surface area contributed by atoms with Gasteiger partial charge in [-0.25, -0.2) is 0 Å². The van der Waals surface area contributed by atoms with Gasteiger partial charge in [0.25, 0.3) is 6.71 Å². The van der Waals surface area contributed by atoms with E-state index >= 15 is 0 Å². The molecule has 2 heterocycles. The zero-order valence-electron chi connectivity index (χ0n) is 24.0. The van der Waals surface area contributed by atoms with Gasteiger partial charge in [-0.1, -0.05) is 79.9 Å². The Hall–Kier alpha value is -4.24. The molecule has 1 aliphatic carbocycles. The molecule has 8 rings (SSSR count). The largest absolute Gasteiger partial charge is 0.311 e. The molecular formula is C38H35BN2. The Balaban J connectivity index is 1.48. The first-order chi connectivity index (χ1) is 20.2. The standard InChI is InChI=1S/C38H35BN2/c1-26-12-11-17-31(22-26)41-35-23-27(2)20-21-33(35)39-32-18-9-10-19-34(32)40(30-15-7-4-8-16-30)36-24-29(25-37(41)38(36)39)28-13-5-3-6-14-28/h4,7-12,15-25,28H,3,5-6,13-14H2,1-2H3. The number of para-hydroxylation sites is 2. The van der Waals surface area contributed by atoms with Gasteiger partial charge >= 0.3 is 0 Å². The Kier molecular flexibility index (Phi) is 5.81. The first-order valence-electron chi connectivity index (χ1n) is 15.3. The van der Waals surface area contributed by atoms with Crippen LogP contribution in [0, 0.1) is 13.8 Å². The molecule has 41 heavy (non-hydrogen) atoms. The van der Waals surface area contributed by atoms with Crippen LogP contribution in [-0.2, 0) is 0 Å². The van der Waals surface area contributed by atoms with Crippen LogP contribution >= 0.6 is 0 Å². The molecule has 1 saturated carbocycles. The maximum atomic E-state index is 2.56. The quantitative estimate of drug-likeness (QED) is 0.212. The smallest absolute Gasteiger partial charge is 0.252 e. The number of nitrogens with zero attached hydrogens (tertiary/aromatic N) is 2. The lowest BCUT2D eigenvalue weighted by atomic mass is 9.33. The highest BCUT2D eigenvalue weighted by atomic mass is 15.2. The first kappa shape index (κ1) is 24.6. The highest BCUT2D eigenvalue weighted by molar-refractivity contribution is 7.00. The van der Waals surface area contributed by atoms with Crippen LogP contribution in [-0.4, -0.2) is 6.71 Å². The highest BCUT2D eigenvalue weighted by Gasteiger charge is 2.43. The third kappa shape index (κ3) is 3.94. The molecular weight excluding hydrogens is 495 g/mol. The van der Waals surface area contributed by atoms with E-state index < -0.39 is 0 Å². The van der Waals surface area contributed by atoms with E-state index in [0.717, 1.165) is 0 Å².